The maximum atomic E-state index is 12.6. The van der Waals surface area contributed by atoms with Crippen LogP contribution in [0.2, 0.25) is 0 Å². The van der Waals surface area contributed by atoms with Gasteiger partial charge >= 0.3 is 6.03 Å². The van der Waals surface area contributed by atoms with E-state index in [4.69, 9.17) is 14.2 Å². The fraction of sp³-hybridized carbons (Fsp3) is 0.938. The molecule has 0 aromatic rings. The fourth-order valence-corrected chi connectivity index (χ4v) is 3.13. The standard InChI is InChI=1S/C16H28N2O4/c1-20-14-4-6-17(7-5-14)16(19)18-8-9-22-15(10-18)12-21-11-13-2-3-13/h13-15H,2-12H2,1H3/t15-/m1/s1. The number of hydrogen-bond donors (Lipinski definition) is 0. The van der Waals surface area contributed by atoms with Crippen molar-refractivity contribution in [3.63, 3.8) is 0 Å². The first-order chi connectivity index (χ1) is 10.8. The summed E-state index contributed by atoms with van der Waals surface area (Å²) in [6, 6.07) is 0.144. The third-order valence-electron chi connectivity index (χ3n) is 4.81. The number of carbonyl (C=O) groups is 1. The molecular weight excluding hydrogens is 284 g/mol. The Kier molecular flexibility index (Phi) is 5.55. The molecule has 3 fully saturated rings. The zero-order valence-electron chi connectivity index (χ0n) is 13.5. The Morgan fingerprint density at radius 2 is 1.86 bits per heavy atom. The molecule has 6 heteroatoms. The molecule has 2 amide bonds. The van der Waals surface area contributed by atoms with Crippen LogP contribution in [-0.2, 0) is 14.2 Å². The first-order valence-corrected chi connectivity index (χ1v) is 8.52. The molecule has 6 nitrogen and oxygen atoms in total. The van der Waals surface area contributed by atoms with Gasteiger partial charge in [-0.05, 0) is 31.6 Å². The zero-order valence-corrected chi connectivity index (χ0v) is 13.5. The molecule has 2 saturated heterocycles. The highest BCUT2D eigenvalue weighted by atomic mass is 16.5. The Balaban J connectivity index is 1.41. The van der Waals surface area contributed by atoms with Gasteiger partial charge in [-0.15, -0.1) is 0 Å². The monoisotopic (exact) mass is 312 g/mol. The molecule has 2 heterocycles. The number of nitrogens with zero attached hydrogens (tertiary/aromatic N) is 2. The van der Waals surface area contributed by atoms with Gasteiger partial charge < -0.3 is 24.0 Å². The summed E-state index contributed by atoms with van der Waals surface area (Å²) >= 11 is 0. The van der Waals surface area contributed by atoms with Gasteiger partial charge in [0.1, 0.15) is 0 Å². The maximum absolute atomic E-state index is 12.6. The van der Waals surface area contributed by atoms with Gasteiger partial charge in [-0.25, -0.2) is 4.79 Å². The highest BCUT2D eigenvalue weighted by molar-refractivity contribution is 5.74. The molecule has 1 aliphatic carbocycles. The van der Waals surface area contributed by atoms with E-state index in [2.05, 4.69) is 0 Å². The van der Waals surface area contributed by atoms with E-state index in [9.17, 15) is 4.79 Å². The van der Waals surface area contributed by atoms with Crippen molar-refractivity contribution < 1.29 is 19.0 Å². The lowest BCUT2D eigenvalue weighted by Gasteiger charge is -2.38. The molecule has 1 saturated carbocycles. The number of ether oxygens (including phenoxy) is 3. The summed E-state index contributed by atoms with van der Waals surface area (Å²) in [6.07, 6.45) is 4.78. The lowest BCUT2D eigenvalue weighted by atomic mass is 10.1. The van der Waals surface area contributed by atoms with Crippen LogP contribution in [0.15, 0.2) is 0 Å². The molecule has 2 aliphatic heterocycles. The summed E-state index contributed by atoms with van der Waals surface area (Å²) in [5.74, 6) is 0.767. The molecule has 1 atom stereocenters. The summed E-state index contributed by atoms with van der Waals surface area (Å²) < 4.78 is 16.8. The van der Waals surface area contributed by atoms with E-state index in [1.807, 2.05) is 9.80 Å². The number of urea groups is 1. The lowest BCUT2D eigenvalue weighted by molar-refractivity contribution is -0.0638. The minimum absolute atomic E-state index is 0.0213. The quantitative estimate of drug-likeness (QED) is 0.769. The van der Waals surface area contributed by atoms with Crippen molar-refractivity contribution in [1.29, 1.82) is 0 Å². The summed E-state index contributed by atoms with van der Waals surface area (Å²) in [4.78, 5) is 16.5. The van der Waals surface area contributed by atoms with Crippen LogP contribution in [0.3, 0.4) is 0 Å². The average molecular weight is 312 g/mol. The molecule has 3 rings (SSSR count). The largest absolute Gasteiger partial charge is 0.381 e. The lowest BCUT2D eigenvalue weighted by Crippen LogP contribution is -2.53. The number of piperidine rings is 1. The molecule has 0 unspecified atom stereocenters. The molecule has 126 valence electrons. The molecule has 22 heavy (non-hydrogen) atoms. The van der Waals surface area contributed by atoms with E-state index in [1.165, 1.54) is 12.8 Å². The van der Waals surface area contributed by atoms with Crippen molar-refractivity contribution in [3.05, 3.63) is 0 Å². The van der Waals surface area contributed by atoms with Gasteiger partial charge in [-0.1, -0.05) is 0 Å². The van der Waals surface area contributed by atoms with E-state index >= 15 is 0 Å². The maximum Gasteiger partial charge on any atom is 0.320 e. The number of morpholine rings is 1. The molecule has 3 aliphatic rings. The van der Waals surface area contributed by atoms with Gasteiger partial charge in [-0.2, -0.15) is 0 Å². The van der Waals surface area contributed by atoms with Gasteiger partial charge in [0.2, 0.25) is 0 Å². The van der Waals surface area contributed by atoms with Gasteiger partial charge in [0, 0.05) is 33.4 Å². The Labute approximate surface area is 132 Å². The highest BCUT2D eigenvalue weighted by Gasteiger charge is 2.30. The summed E-state index contributed by atoms with van der Waals surface area (Å²) in [6.45, 7) is 4.97. The molecule has 0 N–H and O–H groups in total. The Morgan fingerprint density at radius 1 is 1.09 bits per heavy atom. The normalized spacial score (nSPS) is 27.2. The third-order valence-corrected chi connectivity index (χ3v) is 4.81. The van der Waals surface area contributed by atoms with Crippen LogP contribution in [0.4, 0.5) is 4.79 Å². The predicted molar refractivity (Wildman–Crippen MR) is 81.9 cm³/mol. The zero-order chi connectivity index (χ0) is 15.4. The second-order valence-electron chi connectivity index (χ2n) is 6.62. The van der Waals surface area contributed by atoms with Crippen molar-refractivity contribution >= 4 is 6.03 Å². The molecular formula is C16H28N2O4. The van der Waals surface area contributed by atoms with Gasteiger partial charge in [0.05, 0.1) is 32.0 Å². The smallest absolute Gasteiger partial charge is 0.320 e. The minimum Gasteiger partial charge on any atom is -0.381 e. The van der Waals surface area contributed by atoms with E-state index in [1.54, 1.807) is 7.11 Å². The summed E-state index contributed by atoms with van der Waals surface area (Å²) in [5.41, 5.74) is 0. The Hall–Kier alpha value is -0.850. The van der Waals surface area contributed by atoms with E-state index < -0.39 is 0 Å². The van der Waals surface area contributed by atoms with Crippen molar-refractivity contribution in [2.75, 3.05) is 53.1 Å². The Bertz CT molecular complexity index is 367. The number of amides is 2. The number of rotatable bonds is 5. The highest BCUT2D eigenvalue weighted by Crippen LogP contribution is 2.28. The second-order valence-corrected chi connectivity index (χ2v) is 6.62. The Morgan fingerprint density at radius 3 is 2.55 bits per heavy atom. The molecule has 0 radical (unpaired) electrons. The van der Waals surface area contributed by atoms with E-state index in [0.717, 1.165) is 38.5 Å². The summed E-state index contributed by atoms with van der Waals surface area (Å²) in [5, 5.41) is 0. The minimum atomic E-state index is 0.0213. The molecule has 0 spiro atoms. The van der Waals surface area contributed by atoms with Crippen molar-refractivity contribution in [3.8, 4) is 0 Å². The van der Waals surface area contributed by atoms with Crippen LogP contribution in [0.25, 0.3) is 0 Å². The fourth-order valence-electron chi connectivity index (χ4n) is 3.13. The van der Waals surface area contributed by atoms with Crippen molar-refractivity contribution in [1.82, 2.24) is 9.80 Å². The van der Waals surface area contributed by atoms with Crippen LogP contribution in [0, 0.1) is 5.92 Å². The average Bonchev–Trinajstić information content (AvgIpc) is 3.39. The van der Waals surface area contributed by atoms with Crippen LogP contribution < -0.4 is 0 Å². The van der Waals surface area contributed by atoms with E-state index in [0.29, 0.717) is 32.4 Å². The topological polar surface area (TPSA) is 51.2 Å². The molecule has 0 aromatic carbocycles. The second kappa shape index (κ2) is 7.62. The first kappa shape index (κ1) is 16.0. The van der Waals surface area contributed by atoms with Gasteiger partial charge in [0.15, 0.2) is 0 Å². The third kappa shape index (κ3) is 4.33. The molecule has 0 bridgehead atoms. The number of methoxy groups -OCH3 is 1. The summed E-state index contributed by atoms with van der Waals surface area (Å²) in [7, 11) is 1.75. The first-order valence-electron chi connectivity index (χ1n) is 8.52. The SMILES string of the molecule is COC1CCN(C(=O)N2CCO[C@@H](COCC3CC3)C2)CC1. The predicted octanol–water partition coefficient (Wildman–Crippen LogP) is 1.34. The number of hydrogen-bond acceptors (Lipinski definition) is 4. The van der Waals surface area contributed by atoms with Gasteiger partial charge in [0.25, 0.3) is 0 Å². The van der Waals surface area contributed by atoms with E-state index in [-0.39, 0.29) is 12.1 Å². The van der Waals surface area contributed by atoms with Crippen molar-refractivity contribution in [2.45, 2.75) is 37.9 Å². The number of likely N-dealkylation sites (tertiary alicyclic amines) is 1. The van der Waals surface area contributed by atoms with Gasteiger partial charge in [-0.3, -0.25) is 0 Å². The van der Waals surface area contributed by atoms with Crippen molar-refractivity contribution in [2.24, 2.45) is 5.92 Å². The van der Waals surface area contributed by atoms with Crippen LogP contribution in [0.1, 0.15) is 25.7 Å². The molecule has 0 aromatic heterocycles. The number of carbonyl (C=O) groups excluding carboxylic acids is 1. The van der Waals surface area contributed by atoms with Crippen LogP contribution >= 0.6 is 0 Å². The van der Waals surface area contributed by atoms with Crippen LogP contribution in [0.5, 0.6) is 0 Å². The van der Waals surface area contributed by atoms with Crippen LogP contribution in [-0.4, -0.2) is 81.1 Å².